The second-order valence-electron chi connectivity index (χ2n) is 4.47. The van der Waals surface area contributed by atoms with Gasteiger partial charge < -0.3 is 4.74 Å². The minimum absolute atomic E-state index is 0.176. The Kier molecular flexibility index (Phi) is 2.57. The summed E-state index contributed by atoms with van der Waals surface area (Å²) in [6, 6.07) is 10.5. The van der Waals surface area contributed by atoms with E-state index in [0.717, 1.165) is 19.9 Å². The molecule has 2 nitrogen and oxygen atoms in total. The topological polar surface area (TPSA) is 12.5 Å². The van der Waals surface area contributed by atoms with Gasteiger partial charge in [-0.25, -0.2) is 0 Å². The summed E-state index contributed by atoms with van der Waals surface area (Å²) < 4.78 is 5.47. The standard InChI is InChI=1S/C12H17NO/c1-12(2)9-14-10-13(12)8-11-6-4-3-5-7-11/h3-7H,8-10H2,1-2H3. The molecule has 0 N–H and O–H groups in total. The van der Waals surface area contributed by atoms with Crippen molar-refractivity contribution in [1.82, 2.24) is 4.90 Å². The van der Waals surface area contributed by atoms with Gasteiger partial charge in [0.15, 0.2) is 0 Å². The molecule has 0 spiro atoms. The van der Waals surface area contributed by atoms with Crippen molar-refractivity contribution in [2.24, 2.45) is 0 Å². The van der Waals surface area contributed by atoms with E-state index in [2.05, 4.69) is 49.1 Å². The lowest BCUT2D eigenvalue weighted by molar-refractivity contribution is 0.125. The van der Waals surface area contributed by atoms with Crippen molar-refractivity contribution in [3.8, 4) is 0 Å². The quantitative estimate of drug-likeness (QED) is 0.711. The molecule has 0 unspecified atom stereocenters. The molecule has 0 atom stereocenters. The molecule has 1 heterocycles. The lowest BCUT2D eigenvalue weighted by atomic mass is 10.1. The molecule has 1 saturated heterocycles. The molecule has 1 aromatic rings. The molecule has 1 aliphatic heterocycles. The van der Waals surface area contributed by atoms with Crippen LogP contribution in [0.15, 0.2) is 30.3 Å². The molecule has 0 amide bonds. The Balaban J connectivity index is 2.05. The lowest BCUT2D eigenvalue weighted by Gasteiger charge is -2.28. The number of nitrogens with zero attached hydrogens (tertiary/aromatic N) is 1. The summed E-state index contributed by atoms with van der Waals surface area (Å²) in [5.41, 5.74) is 1.53. The van der Waals surface area contributed by atoms with Gasteiger partial charge >= 0.3 is 0 Å². The molecular weight excluding hydrogens is 174 g/mol. The fourth-order valence-corrected chi connectivity index (χ4v) is 1.74. The minimum atomic E-state index is 0.176. The molecule has 2 heteroatoms. The van der Waals surface area contributed by atoms with Crippen LogP contribution in [0, 0.1) is 0 Å². The average Bonchev–Trinajstić information content (AvgIpc) is 2.48. The SMILES string of the molecule is CC1(C)COCN1Cc1ccccc1. The predicted octanol–water partition coefficient (Wildman–Crippen LogP) is 2.25. The van der Waals surface area contributed by atoms with E-state index >= 15 is 0 Å². The summed E-state index contributed by atoms with van der Waals surface area (Å²) >= 11 is 0. The number of hydrogen-bond acceptors (Lipinski definition) is 2. The van der Waals surface area contributed by atoms with Crippen LogP contribution in [0.5, 0.6) is 0 Å². The maximum atomic E-state index is 5.47. The van der Waals surface area contributed by atoms with Crippen molar-refractivity contribution in [1.29, 1.82) is 0 Å². The number of ether oxygens (including phenoxy) is 1. The van der Waals surface area contributed by atoms with Gasteiger partial charge in [-0.05, 0) is 19.4 Å². The summed E-state index contributed by atoms with van der Waals surface area (Å²) in [5.74, 6) is 0. The molecule has 0 aliphatic carbocycles. The molecule has 0 radical (unpaired) electrons. The zero-order chi connectivity index (χ0) is 10.0. The zero-order valence-electron chi connectivity index (χ0n) is 8.86. The van der Waals surface area contributed by atoms with Crippen LogP contribution < -0.4 is 0 Å². The first-order valence-corrected chi connectivity index (χ1v) is 5.05. The van der Waals surface area contributed by atoms with Crippen molar-refractivity contribution in [3.05, 3.63) is 35.9 Å². The van der Waals surface area contributed by atoms with Gasteiger partial charge in [0.1, 0.15) is 0 Å². The average molecular weight is 191 g/mol. The van der Waals surface area contributed by atoms with E-state index in [9.17, 15) is 0 Å². The Labute approximate surface area is 85.5 Å². The van der Waals surface area contributed by atoms with Gasteiger partial charge in [0.2, 0.25) is 0 Å². The Bertz CT molecular complexity index is 294. The summed E-state index contributed by atoms with van der Waals surface area (Å²) in [4.78, 5) is 2.36. The summed E-state index contributed by atoms with van der Waals surface area (Å²) in [6.45, 7) is 7.02. The third-order valence-corrected chi connectivity index (χ3v) is 2.77. The molecule has 0 aromatic heterocycles. The monoisotopic (exact) mass is 191 g/mol. The molecule has 0 bridgehead atoms. The Morgan fingerprint density at radius 3 is 2.57 bits per heavy atom. The highest BCUT2D eigenvalue weighted by Crippen LogP contribution is 2.23. The summed E-state index contributed by atoms with van der Waals surface area (Å²) in [6.07, 6.45) is 0. The summed E-state index contributed by atoms with van der Waals surface area (Å²) in [7, 11) is 0. The lowest BCUT2D eigenvalue weighted by Crippen LogP contribution is -2.39. The highest BCUT2D eigenvalue weighted by molar-refractivity contribution is 5.15. The van der Waals surface area contributed by atoms with Crippen LogP contribution in [-0.4, -0.2) is 23.8 Å². The molecule has 1 aliphatic rings. The third-order valence-electron chi connectivity index (χ3n) is 2.77. The van der Waals surface area contributed by atoms with Crippen LogP contribution in [0.2, 0.25) is 0 Å². The molecule has 76 valence electrons. The largest absolute Gasteiger partial charge is 0.364 e. The first kappa shape index (κ1) is 9.69. The van der Waals surface area contributed by atoms with Crippen molar-refractivity contribution in [2.75, 3.05) is 13.3 Å². The maximum Gasteiger partial charge on any atom is 0.0999 e. The van der Waals surface area contributed by atoms with E-state index in [-0.39, 0.29) is 5.54 Å². The van der Waals surface area contributed by atoms with Gasteiger partial charge in [-0.15, -0.1) is 0 Å². The van der Waals surface area contributed by atoms with E-state index in [1.54, 1.807) is 0 Å². The summed E-state index contributed by atoms with van der Waals surface area (Å²) in [5, 5.41) is 0. The molecule has 2 rings (SSSR count). The molecule has 1 aromatic carbocycles. The van der Waals surface area contributed by atoms with Crippen molar-refractivity contribution in [3.63, 3.8) is 0 Å². The van der Waals surface area contributed by atoms with Gasteiger partial charge in [0.25, 0.3) is 0 Å². The number of hydrogen-bond donors (Lipinski definition) is 0. The second kappa shape index (κ2) is 3.71. The Hall–Kier alpha value is -0.860. The molecule has 14 heavy (non-hydrogen) atoms. The van der Waals surface area contributed by atoms with Gasteiger partial charge in [-0.1, -0.05) is 30.3 Å². The smallest absolute Gasteiger partial charge is 0.0999 e. The van der Waals surface area contributed by atoms with E-state index in [1.165, 1.54) is 5.56 Å². The van der Waals surface area contributed by atoms with E-state index < -0.39 is 0 Å². The van der Waals surface area contributed by atoms with Crippen LogP contribution in [0.4, 0.5) is 0 Å². The van der Waals surface area contributed by atoms with Gasteiger partial charge in [0.05, 0.1) is 13.3 Å². The normalized spacial score (nSPS) is 21.3. The maximum absolute atomic E-state index is 5.47. The van der Waals surface area contributed by atoms with Crippen molar-refractivity contribution < 1.29 is 4.74 Å². The van der Waals surface area contributed by atoms with Crippen molar-refractivity contribution in [2.45, 2.75) is 25.9 Å². The molecule has 0 saturated carbocycles. The van der Waals surface area contributed by atoms with E-state index in [1.807, 2.05) is 0 Å². The highest BCUT2D eigenvalue weighted by Gasteiger charge is 2.32. The van der Waals surface area contributed by atoms with Crippen molar-refractivity contribution >= 4 is 0 Å². The van der Waals surface area contributed by atoms with Crippen LogP contribution in [0.3, 0.4) is 0 Å². The first-order valence-electron chi connectivity index (χ1n) is 5.05. The fourth-order valence-electron chi connectivity index (χ4n) is 1.74. The van der Waals surface area contributed by atoms with Gasteiger partial charge in [0, 0.05) is 12.1 Å². The van der Waals surface area contributed by atoms with Gasteiger partial charge in [-0.3, -0.25) is 4.90 Å². The van der Waals surface area contributed by atoms with Crippen LogP contribution in [-0.2, 0) is 11.3 Å². The van der Waals surface area contributed by atoms with E-state index in [0.29, 0.717) is 0 Å². The van der Waals surface area contributed by atoms with Crippen LogP contribution in [0.25, 0.3) is 0 Å². The predicted molar refractivity (Wildman–Crippen MR) is 56.9 cm³/mol. The van der Waals surface area contributed by atoms with Crippen LogP contribution in [0.1, 0.15) is 19.4 Å². The second-order valence-corrected chi connectivity index (χ2v) is 4.47. The zero-order valence-corrected chi connectivity index (χ0v) is 8.86. The Morgan fingerprint density at radius 1 is 1.29 bits per heavy atom. The molecule has 1 fully saturated rings. The van der Waals surface area contributed by atoms with Crippen LogP contribution >= 0.6 is 0 Å². The third kappa shape index (κ3) is 1.97. The fraction of sp³-hybridized carbons (Fsp3) is 0.500. The minimum Gasteiger partial charge on any atom is -0.364 e. The Morgan fingerprint density at radius 2 is 2.00 bits per heavy atom. The molecular formula is C12H17NO. The van der Waals surface area contributed by atoms with E-state index in [4.69, 9.17) is 4.74 Å². The first-order chi connectivity index (χ1) is 6.68. The number of benzene rings is 1. The number of rotatable bonds is 2. The highest BCUT2D eigenvalue weighted by atomic mass is 16.5. The van der Waals surface area contributed by atoms with Gasteiger partial charge in [-0.2, -0.15) is 0 Å².